The molecule has 0 radical (unpaired) electrons. The minimum absolute atomic E-state index is 0. The Morgan fingerprint density at radius 2 is 1.33 bits per heavy atom. The van der Waals surface area contributed by atoms with Crippen LogP contribution in [0.2, 0.25) is 0 Å². The molecule has 1 heterocycles. The number of aliphatic hydroxyl groups excluding tert-OH is 5. The van der Waals surface area contributed by atoms with Crippen molar-refractivity contribution >= 4 is 10.1 Å². The van der Waals surface area contributed by atoms with Crippen LogP contribution in [-0.2, 0) is 19.6 Å². The molecule has 1 aliphatic rings. The molecule has 0 aromatic rings. The van der Waals surface area contributed by atoms with Gasteiger partial charge < -0.3 is 39.6 Å². The predicted octanol–water partition coefficient (Wildman–Crippen LogP) is -2.36. The first-order valence-corrected chi connectivity index (χ1v) is 13.2. The van der Waals surface area contributed by atoms with Crippen molar-refractivity contribution in [2.45, 2.75) is 108 Å². The van der Waals surface area contributed by atoms with Gasteiger partial charge in [-0.1, -0.05) is 64.7 Å². The smallest absolute Gasteiger partial charge is 0.748 e. The van der Waals surface area contributed by atoms with Gasteiger partial charge in [0.15, 0.2) is 6.29 Å². The Morgan fingerprint density at radius 3 is 1.76 bits per heavy atom. The van der Waals surface area contributed by atoms with Crippen molar-refractivity contribution in [3.63, 3.8) is 0 Å². The first-order valence-electron chi connectivity index (χ1n) is 11.6. The summed E-state index contributed by atoms with van der Waals surface area (Å²) in [6.07, 6.45) is 6.41. The fourth-order valence-electron chi connectivity index (χ4n) is 3.24. The van der Waals surface area contributed by atoms with E-state index >= 15 is 0 Å². The third-order valence-corrected chi connectivity index (χ3v) is 5.97. The summed E-state index contributed by atoms with van der Waals surface area (Å²) < 4.78 is 39.9. The number of rotatable bonds is 16. The van der Waals surface area contributed by atoms with Crippen molar-refractivity contribution in [1.82, 2.24) is 0 Å². The molecule has 0 aromatic heterocycles. The van der Waals surface area contributed by atoms with Crippen LogP contribution in [0.1, 0.15) is 77.6 Å². The molecule has 0 aromatic carbocycles. The van der Waals surface area contributed by atoms with Crippen molar-refractivity contribution in [2.75, 3.05) is 25.6 Å². The second-order valence-corrected chi connectivity index (χ2v) is 9.61. The largest absolute Gasteiger partial charge is 1.00 e. The zero-order chi connectivity index (χ0) is 24.4. The van der Waals surface area contributed by atoms with E-state index in [1.807, 2.05) is 0 Å². The molecule has 1 saturated heterocycles. The van der Waals surface area contributed by atoms with Gasteiger partial charge in [-0.2, -0.15) is 0 Å². The number of hydrogen-bond acceptors (Lipinski definition) is 10. The number of aliphatic hydroxyl groups is 5. The summed E-state index contributed by atoms with van der Waals surface area (Å²) in [5.74, 6) is -0.469. The number of hydrogen-bond donors (Lipinski definition) is 5. The van der Waals surface area contributed by atoms with Gasteiger partial charge in [0, 0.05) is 19.0 Å². The molecule has 33 heavy (non-hydrogen) atoms. The van der Waals surface area contributed by atoms with Crippen LogP contribution >= 0.6 is 0 Å². The normalized spacial score (nSPS) is 25.1. The minimum atomic E-state index is -4.10. The second-order valence-electron chi connectivity index (χ2n) is 8.09. The van der Waals surface area contributed by atoms with E-state index in [9.17, 15) is 28.3 Å². The molecule has 12 heteroatoms. The van der Waals surface area contributed by atoms with E-state index in [1.54, 1.807) is 0 Å². The summed E-state index contributed by atoms with van der Waals surface area (Å²) in [5, 5.41) is 46.3. The average molecular weight is 511 g/mol. The SMILES string of the molecule is CCCCCCCCCCCCOC1O[C@H](CO)[C@@H](O)[C@H](O)[C@H]1O.O=S(=O)([O-])CCCO.[Na+]. The Hall–Kier alpha value is 0.630. The maximum Gasteiger partial charge on any atom is 1.00 e. The molecule has 10 nitrogen and oxygen atoms in total. The van der Waals surface area contributed by atoms with E-state index in [0.717, 1.165) is 12.8 Å². The van der Waals surface area contributed by atoms with Crippen LogP contribution in [0.3, 0.4) is 0 Å². The van der Waals surface area contributed by atoms with E-state index in [-0.39, 0.29) is 42.6 Å². The van der Waals surface area contributed by atoms with Gasteiger partial charge in [-0.05, 0) is 12.8 Å². The van der Waals surface area contributed by atoms with E-state index in [2.05, 4.69) is 6.92 Å². The standard InChI is InChI=1S/C18H36O6.C3H8O4S.Na/c1-2-3-4-5-6-7-8-9-10-11-12-23-18-17(22)16(21)15(20)14(13-19)24-18;4-2-1-3-8(5,6)7;/h14-22H,2-13H2,1H3;4H,1-3H2,(H,5,6,7);/q;;+1/p-1/t14-,15-,16+,17-,18?;;/m1../s1. The van der Waals surface area contributed by atoms with Crippen molar-refractivity contribution in [3.8, 4) is 0 Å². The van der Waals surface area contributed by atoms with Crippen LogP contribution < -0.4 is 29.6 Å². The second kappa shape index (κ2) is 21.9. The predicted molar refractivity (Wildman–Crippen MR) is 118 cm³/mol. The summed E-state index contributed by atoms with van der Waals surface area (Å²) >= 11 is 0. The molecule has 1 fully saturated rings. The molecule has 5 atom stereocenters. The van der Waals surface area contributed by atoms with Crippen molar-refractivity contribution < 1.29 is 77.5 Å². The van der Waals surface area contributed by atoms with Gasteiger partial charge in [0.1, 0.15) is 24.4 Å². The molecule has 0 amide bonds. The first-order chi connectivity index (χ1) is 15.2. The topological polar surface area (TPSA) is 177 Å². The molecule has 0 saturated carbocycles. The van der Waals surface area contributed by atoms with E-state index < -0.39 is 53.2 Å². The average Bonchev–Trinajstić information content (AvgIpc) is 2.75. The molecule has 0 aliphatic carbocycles. The third-order valence-electron chi connectivity index (χ3n) is 5.18. The summed E-state index contributed by atoms with van der Waals surface area (Å²) in [5.41, 5.74) is 0. The molecule has 0 bridgehead atoms. The zero-order valence-electron chi connectivity index (χ0n) is 20.2. The Morgan fingerprint density at radius 1 is 0.818 bits per heavy atom. The first kappa shape index (κ1) is 35.8. The van der Waals surface area contributed by atoms with Gasteiger partial charge >= 0.3 is 29.6 Å². The molecular formula is C21H43NaO10S. The maximum atomic E-state index is 9.84. The van der Waals surface area contributed by atoms with Crippen LogP contribution in [0, 0.1) is 0 Å². The van der Waals surface area contributed by atoms with Gasteiger partial charge in [0.2, 0.25) is 0 Å². The monoisotopic (exact) mass is 510 g/mol. The molecule has 1 rings (SSSR count). The fraction of sp³-hybridized carbons (Fsp3) is 1.00. The quantitative estimate of drug-likeness (QED) is 0.0857. The fourth-order valence-corrected chi connectivity index (χ4v) is 3.72. The van der Waals surface area contributed by atoms with Gasteiger partial charge in [-0.3, -0.25) is 0 Å². The molecule has 0 spiro atoms. The Labute approximate surface area is 220 Å². The van der Waals surface area contributed by atoms with Crippen LogP contribution in [-0.4, -0.2) is 94.8 Å². The van der Waals surface area contributed by atoms with Crippen molar-refractivity contribution in [3.05, 3.63) is 0 Å². The molecule has 1 unspecified atom stereocenters. The van der Waals surface area contributed by atoms with E-state index in [4.69, 9.17) is 19.7 Å². The van der Waals surface area contributed by atoms with Gasteiger partial charge in [0.05, 0.1) is 16.7 Å². The maximum absolute atomic E-state index is 9.84. The summed E-state index contributed by atoms with van der Waals surface area (Å²) in [6.45, 7) is 1.98. The van der Waals surface area contributed by atoms with Crippen molar-refractivity contribution in [2.24, 2.45) is 0 Å². The van der Waals surface area contributed by atoms with Crippen LogP contribution in [0.15, 0.2) is 0 Å². The van der Waals surface area contributed by atoms with Gasteiger partial charge in [0.25, 0.3) is 0 Å². The van der Waals surface area contributed by atoms with Crippen molar-refractivity contribution in [1.29, 1.82) is 0 Å². The Bertz CT molecular complexity index is 535. The van der Waals surface area contributed by atoms with Gasteiger partial charge in [-0.15, -0.1) is 0 Å². The minimum Gasteiger partial charge on any atom is -0.748 e. The van der Waals surface area contributed by atoms with E-state index in [1.165, 1.54) is 51.4 Å². The Balaban J connectivity index is 0. The summed E-state index contributed by atoms with van der Waals surface area (Å²) in [4.78, 5) is 0. The molecular weight excluding hydrogens is 467 g/mol. The molecule has 194 valence electrons. The van der Waals surface area contributed by atoms with Crippen LogP contribution in [0.4, 0.5) is 0 Å². The van der Waals surface area contributed by atoms with Gasteiger partial charge in [-0.25, -0.2) is 8.42 Å². The van der Waals surface area contributed by atoms with Crippen LogP contribution in [0.25, 0.3) is 0 Å². The molecule has 5 N–H and O–H groups in total. The van der Waals surface area contributed by atoms with E-state index in [0.29, 0.717) is 6.61 Å². The Kier molecular flexibility index (Phi) is 23.7. The molecule has 1 aliphatic heterocycles. The zero-order valence-corrected chi connectivity index (χ0v) is 23.0. The number of unbranched alkanes of at least 4 members (excludes halogenated alkanes) is 9. The third kappa shape index (κ3) is 18.5. The summed E-state index contributed by atoms with van der Waals surface area (Å²) in [7, 11) is -4.10. The number of ether oxygens (including phenoxy) is 2. The summed E-state index contributed by atoms with van der Waals surface area (Å²) in [6, 6.07) is 0. The van der Waals surface area contributed by atoms with Crippen LogP contribution in [0.5, 0.6) is 0 Å².